The van der Waals surface area contributed by atoms with Crippen molar-refractivity contribution >= 4 is 29.1 Å². The summed E-state index contributed by atoms with van der Waals surface area (Å²) in [6, 6.07) is 11.2. The molecule has 1 saturated heterocycles. The molecule has 1 aliphatic rings. The van der Waals surface area contributed by atoms with Crippen LogP contribution in [0.3, 0.4) is 0 Å². The van der Waals surface area contributed by atoms with Gasteiger partial charge in [-0.3, -0.25) is 9.59 Å². The molecule has 1 fully saturated rings. The zero-order chi connectivity index (χ0) is 24.1. The molecule has 0 bridgehead atoms. The van der Waals surface area contributed by atoms with Gasteiger partial charge in [-0.1, -0.05) is 23.7 Å². The molecule has 0 aromatic heterocycles. The van der Waals surface area contributed by atoms with Gasteiger partial charge in [0.05, 0.1) is 30.4 Å². The number of benzene rings is 2. The molecule has 0 saturated carbocycles. The average Bonchev–Trinajstić information content (AvgIpc) is 3.04. The predicted octanol–water partition coefficient (Wildman–Crippen LogP) is 4.12. The largest absolute Gasteiger partial charge is 0.507 e. The Morgan fingerprint density at radius 2 is 1.85 bits per heavy atom. The Morgan fingerprint density at radius 3 is 2.42 bits per heavy atom. The van der Waals surface area contributed by atoms with Crippen LogP contribution in [0.2, 0.25) is 5.02 Å². The van der Waals surface area contributed by atoms with E-state index in [1.165, 1.54) is 18.1 Å². The van der Waals surface area contributed by atoms with Crippen LogP contribution in [0.15, 0.2) is 48.0 Å². The number of aliphatic hydroxyl groups is 1. The van der Waals surface area contributed by atoms with E-state index in [2.05, 4.69) is 0 Å². The fourth-order valence-electron chi connectivity index (χ4n) is 3.90. The molecule has 1 aliphatic heterocycles. The molecule has 2 aromatic carbocycles. The Hall–Kier alpha value is -3.03. The number of ketones is 1. The van der Waals surface area contributed by atoms with Gasteiger partial charge in [0.1, 0.15) is 17.3 Å². The molecule has 0 spiro atoms. The van der Waals surface area contributed by atoms with Crippen molar-refractivity contribution in [1.82, 2.24) is 9.80 Å². The van der Waals surface area contributed by atoms with E-state index in [1.807, 2.05) is 38.1 Å². The molecule has 1 amide bonds. The van der Waals surface area contributed by atoms with Crippen LogP contribution in [0.4, 0.5) is 0 Å². The fourth-order valence-corrected chi connectivity index (χ4v) is 4.15. The SMILES string of the molecule is CCOc1ccc([C@H]2/C(=C(\O)c3ccc(OC)c(Cl)c3)C(=O)C(=O)N2CCCN(C)C)cc1. The minimum absolute atomic E-state index is 0.0373. The minimum Gasteiger partial charge on any atom is -0.507 e. The molecule has 1 atom stereocenters. The van der Waals surface area contributed by atoms with E-state index in [9.17, 15) is 14.7 Å². The second kappa shape index (κ2) is 10.7. The number of halogens is 1. The maximum absolute atomic E-state index is 13.1. The van der Waals surface area contributed by atoms with Gasteiger partial charge in [0.15, 0.2) is 0 Å². The summed E-state index contributed by atoms with van der Waals surface area (Å²) in [5.41, 5.74) is 1.09. The summed E-state index contributed by atoms with van der Waals surface area (Å²) in [7, 11) is 5.39. The lowest BCUT2D eigenvalue weighted by atomic mass is 9.95. The summed E-state index contributed by atoms with van der Waals surface area (Å²) in [5.74, 6) is -0.489. The number of Topliss-reactive ketones (excluding diaryl/α,β-unsaturated/α-hetero) is 1. The second-order valence-corrected chi connectivity index (χ2v) is 8.41. The topological polar surface area (TPSA) is 79.3 Å². The van der Waals surface area contributed by atoms with Crippen LogP contribution in [0, 0.1) is 0 Å². The van der Waals surface area contributed by atoms with Gasteiger partial charge < -0.3 is 24.4 Å². The quantitative estimate of drug-likeness (QED) is 0.336. The van der Waals surface area contributed by atoms with Crippen LogP contribution in [0.25, 0.3) is 5.76 Å². The summed E-state index contributed by atoms with van der Waals surface area (Å²) in [6.07, 6.45) is 0.682. The Labute approximate surface area is 199 Å². The minimum atomic E-state index is -0.719. The molecule has 8 heteroatoms. The number of hydrogen-bond acceptors (Lipinski definition) is 6. The molecular formula is C25H29ClN2O5. The average molecular weight is 473 g/mol. The summed E-state index contributed by atoms with van der Waals surface area (Å²) in [5, 5.41) is 11.4. The zero-order valence-electron chi connectivity index (χ0n) is 19.3. The molecule has 2 aromatic rings. The Bertz CT molecular complexity index is 1050. The molecular weight excluding hydrogens is 444 g/mol. The van der Waals surface area contributed by atoms with Crippen molar-refractivity contribution in [3.63, 3.8) is 0 Å². The first-order chi connectivity index (χ1) is 15.8. The van der Waals surface area contributed by atoms with Crippen molar-refractivity contribution in [2.75, 3.05) is 40.9 Å². The van der Waals surface area contributed by atoms with Crippen LogP contribution in [-0.2, 0) is 9.59 Å². The number of carbonyl (C=O) groups is 2. The number of rotatable bonds is 9. The maximum atomic E-state index is 13.1. The molecule has 1 heterocycles. The van der Waals surface area contributed by atoms with Gasteiger partial charge in [-0.2, -0.15) is 0 Å². The molecule has 1 N–H and O–H groups in total. The third kappa shape index (κ3) is 5.31. The van der Waals surface area contributed by atoms with Crippen LogP contribution in [0.1, 0.15) is 30.5 Å². The third-order valence-corrected chi connectivity index (χ3v) is 5.77. The standard InChI is InChI=1S/C25H29ClN2O5/c1-5-33-18-10-7-16(8-11-18)22-21(23(29)17-9-12-20(32-4)19(26)15-17)24(30)25(31)28(22)14-6-13-27(2)3/h7-12,15,22,29H,5-6,13-14H2,1-4H3/b23-21+/t22-/m0/s1. The first kappa shape index (κ1) is 24.6. The number of aliphatic hydroxyl groups excluding tert-OH is 1. The van der Waals surface area contributed by atoms with E-state index < -0.39 is 17.7 Å². The summed E-state index contributed by atoms with van der Waals surface area (Å²) >= 11 is 6.23. The number of likely N-dealkylation sites (tertiary alicyclic amines) is 1. The highest BCUT2D eigenvalue weighted by atomic mass is 35.5. The first-order valence-corrected chi connectivity index (χ1v) is 11.2. The maximum Gasteiger partial charge on any atom is 0.295 e. The smallest absolute Gasteiger partial charge is 0.295 e. The fraction of sp³-hybridized carbons (Fsp3) is 0.360. The van der Waals surface area contributed by atoms with Crippen molar-refractivity contribution in [3.8, 4) is 11.5 Å². The number of nitrogens with zero attached hydrogens (tertiary/aromatic N) is 2. The van der Waals surface area contributed by atoms with Gasteiger partial charge >= 0.3 is 0 Å². The number of amides is 1. The Morgan fingerprint density at radius 1 is 1.15 bits per heavy atom. The molecule has 0 unspecified atom stereocenters. The molecule has 7 nitrogen and oxygen atoms in total. The highest BCUT2D eigenvalue weighted by Gasteiger charge is 2.45. The van der Waals surface area contributed by atoms with Crippen molar-refractivity contribution in [2.24, 2.45) is 0 Å². The molecule has 0 radical (unpaired) electrons. The number of methoxy groups -OCH3 is 1. The van der Waals surface area contributed by atoms with Crippen molar-refractivity contribution in [1.29, 1.82) is 0 Å². The van der Waals surface area contributed by atoms with E-state index in [4.69, 9.17) is 21.1 Å². The number of hydrogen-bond donors (Lipinski definition) is 1. The predicted molar refractivity (Wildman–Crippen MR) is 128 cm³/mol. The van der Waals surface area contributed by atoms with Gasteiger partial charge in [0.2, 0.25) is 0 Å². The first-order valence-electron chi connectivity index (χ1n) is 10.8. The van der Waals surface area contributed by atoms with Crippen LogP contribution >= 0.6 is 11.6 Å². The van der Waals surface area contributed by atoms with E-state index >= 15 is 0 Å². The second-order valence-electron chi connectivity index (χ2n) is 8.00. The van der Waals surface area contributed by atoms with E-state index in [0.29, 0.717) is 47.2 Å². The summed E-state index contributed by atoms with van der Waals surface area (Å²) < 4.78 is 10.7. The third-order valence-electron chi connectivity index (χ3n) is 5.48. The normalized spacial score (nSPS) is 17.6. The lowest BCUT2D eigenvalue weighted by Crippen LogP contribution is -2.32. The number of carbonyl (C=O) groups excluding carboxylic acids is 2. The molecule has 176 valence electrons. The van der Waals surface area contributed by atoms with Gasteiger partial charge in [-0.15, -0.1) is 0 Å². The van der Waals surface area contributed by atoms with Crippen molar-refractivity contribution < 1.29 is 24.2 Å². The van der Waals surface area contributed by atoms with Crippen LogP contribution in [-0.4, -0.2) is 67.5 Å². The monoisotopic (exact) mass is 472 g/mol. The van der Waals surface area contributed by atoms with Gasteiger partial charge in [0.25, 0.3) is 11.7 Å². The zero-order valence-corrected chi connectivity index (χ0v) is 20.1. The molecule has 33 heavy (non-hydrogen) atoms. The lowest BCUT2D eigenvalue weighted by Gasteiger charge is -2.26. The van der Waals surface area contributed by atoms with E-state index in [-0.39, 0.29) is 11.3 Å². The number of ether oxygens (including phenoxy) is 2. The lowest BCUT2D eigenvalue weighted by molar-refractivity contribution is -0.139. The highest BCUT2D eigenvalue weighted by molar-refractivity contribution is 6.46. The molecule has 0 aliphatic carbocycles. The Kier molecular flexibility index (Phi) is 8.00. The van der Waals surface area contributed by atoms with Crippen LogP contribution in [0.5, 0.6) is 11.5 Å². The summed E-state index contributed by atoms with van der Waals surface area (Å²) in [4.78, 5) is 29.6. The van der Waals surface area contributed by atoms with Gasteiger partial charge in [-0.05, 0) is 69.9 Å². The van der Waals surface area contributed by atoms with E-state index in [1.54, 1.807) is 24.3 Å². The van der Waals surface area contributed by atoms with Crippen molar-refractivity contribution in [2.45, 2.75) is 19.4 Å². The summed E-state index contributed by atoms with van der Waals surface area (Å²) in [6.45, 7) is 3.56. The Balaban J connectivity index is 2.08. The van der Waals surface area contributed by atoms with Gasteiger partial charge in [-0.25, -0.2) is 0 Å². The van der Waals surface area contributed by atoms with Crippen molar-refractivity contribution in [3.05, 3.63) is 64.2 Å². The molecule has 3 rings (SSSR count). The highest BCUT2D eigenvalue weighted by Crippen LogP contribution is 2.40. The van der Waals surface area contributed by atoms with Gasteiger partial charge in [0, 0.05) is 12.1 Å². The van der Waals surface area contributed by atoms with E-state index in [0.717, 1.165) is 6.54 Å². The van der Waals surface area contributed by atoms with Crippen LogP contribution < -0.4 is 9.47 Å².